The molecule has 0 aliphatic carbocycles. The SMILES string of the molecule is COc1ccccc1CC1CCN(C(=O)C(C)(C)C#N)CC1. The average molecular weight is 300 g/mol. The molecule has 0 aromatic heterocycles. The molecule has 1 amide bonds. The Morgan fingerprint density at radius 3 is 2.59 bits per heavy atom. The number of para-hydroxylation sites is 1. The second-order valence-electron chi connectivity index (χ2n) is 6.49. The number of nitrogens with zero attached hydrogens (tertiary/aromatic N) is 2. The van der Waals surface area contributed by atoms with E-state index < -0.39 is 5.41 Å². The van der Waals surface area contributed by atoms with E-state index in [1.165, 1.54) is 5.56 Å². The highest BCUT2D eigenvalue weighted by molar-refractivity contribution is 5.84. The van der Waals surface area contributed by atoms with Crippen molar-refractivity contribution in [2.24, 2.45) is 11.3 Å². The van der Waals surface area contributed by atoms with E-state index in [1.54, 1.807) is 21.0 Å². The number of amides is 1. The fourth-order valence-corrected chi connectivity index (χ4v) is 2.97. The summed E-state index contributed by atoms with van der Waals surface area (Å²) in [5.74, 6) is 1.45. The van der Waals surface area contributed by atoms with Gasteiger partial charge in [-0.2, -0.15) is 5.26 Å². The molecule has 1 fully saturated rings. The average Bonchev–Trinajstić information content (AvgIpc) is 2.55. The van der Waals surface area contributed by atoms with Gasteiger partial charge in [0.05, 0.1) is 13.2 Å². The zero-order valence-corrected chi connectivity index (χ0v) is 13.6. The first-order chi connectivity index (χ1) is 10.5. The molecule has 0 bridgehead atoms. The Morgan fingerprint density at radius 2 is 2.00 bits per heavy atom. The van der Waals surface area contributed by atoms with Crippen molar-refractivity contribution in [1.82, 2.24) is 4.90 Å². The Labute approximate surface area is 132 Å². The van der Waals surface area contributed by atoms with Crippen molar-refractivity contribution in [2.75, 3.05) is 20.2 Å². The standard InChI is InChI=1S/C18H24N2O2/c1-18(2,13-19)17(21)20-10-8-14(9-11-20)12-15-6-4-5-7-16(15)22-3/h4-7,14H,8-12H2,1-3H3. The Balaban J connectivity index is 1.93. The maximum Gasteiger partial charge on any atom is 0.242 e. The number of benzene rings is 1. The summed E-state index contributed by atoms with van der Waals surface area (Å²) in [5, 5.41) is 9.09. The predicted molar refractivity (Wildman–Crippen MR) is 85.4 cm³/mol. The van der Waals surface area contributed by atoms with Crippen LogP contribution in [0, 0.1) is 22.7 Å². The molecule has 1 aliphatic heterocycles. The number of nitriles is 1. The maximum atomic E-state index is 12.3. The number of piperidine rings is 1. The van der Waals surface area contributed by atoms with E-state index in [2.05, 4.69) is 12.1 Å². The van der Waals surface area contributed by atoms with Crippen LogP contribution in [0.5, 0.6) is 5.75 Å². The molecule has 0 saturated carbocycles. The summed E-state index contributed by atoms with van der Waals surface area (Å²) in [7, 11) is 1.70. The molecule has 1 saturated heterocycles. The van der Waals surface area contributed by atoms with Gasteiger partial charge in [-0.25, -0.2) is 0 Å². The van der Waals surface area contributed by atoms with Gasteiger partial charge in [-0.1, -0.05) is 18.2 Å². The molecule has 2 rings (SSSR count). The molecule has 0 N–H and O–H groups in total. The zero-order chi connectivity index (χ0) is 16.2. The second-order valence-corrected chi connectivity index (χ2v) is 6.49. The summed E-state index contributed by atoms with van der Waals surface area (Å²) in [6, 6.07) is 10.2. The van der Waals surface area contributed by atoms with Crippen LogP contribution in [0.4, 0.5) is 0 Å². The lowest BCUT2D eigenvalue weighted by Crippen LogP contribution is -2.44. The van der Waals surface area contributed by atoms with Crippen LogP contribution in [-0.4, -0.2) is 31.0 Å². The van der Waals surface area contributed by atoms with Crippen LogP contribution >= 0.6 is 0 Å². The molecule has 1 aromatic carbocycles. The Morgan fingerprint density at radius 1 is 1.36 bits per heavy atom. The van der Waals surface area contributed by atoms with Gasteiger partial charge in [-0.3, -0.25) is 4.79 Å². The van der Waals surface area contributed by atoms with E-state index in [9.17, 15) is 4.79 Å². The summed E-state index contributed by atoms with van der Waals surface area (Å²) in [5.41, 5.74) is 0.308. The number of hydrogen-bond acceptors (Lipinski definition) is 3. The Kier molecular flexibility index (Phi) is 5.07. The fourth-order valence-electron chi connectivity index (χ4n) is 2.97. The van der Waals surface area contributed by atoms with E-state index in [1.807, 2.05) is 23.1 Å². The van der Waals surface area contributed by atoms with Crippen LogP contribution in [0.2, 0.25) is 0 Å². The first kappa shape index (κ1) is 16.4. The van der Waals surface area contributed by atoms with Crippen molar-refractivity contribution in [1.29, 1.82) is 5.26 Å². The van der Waals surface area contributed by atoms with Crippen LogP contribution in [0.15, 0.2) is 24.3 Å². The molecule has 0 spiro atoms. The van der Waals surface area contributed by atoms with Gasteiger partial charge in [0.25, 0.3) is 0 Å². The number of methoxy groups -OCH3 is 1. The molecule has 1 aromatic rings. The van der Waals surface area contributed by atoms with Gasteiger partial charge in [0.1, 0.15) is 11.2 Å². The zero-order valence-electron chi connectivity index (χ0n) is 13.6. The first-order valence-electron chi connectivity index (χ1n) is 7.80. The van der Waals surface area contributed by atoms with E-state index in [0.717, 1.165) is 38.1 Å². The monoisotopic (exact) mass is 300 g/mol. The lowest BCUT2D eigenvalue weighted by molar-refractivity contribution is -0.139. The van der Waals surface area contributed by atoms with Crippen molar-refractivity contribution >= 4 is 5.91 Å². The minimum Gasteiger partial charge on any atom is -0.496 e. The minimum absolute atomic E-state index is 0.0502. The van der Waals surface area contributed by atoms with Gasteiger partial charge in [0.2, 0.25) is 5.91 Å². The molecule has 118 valence electrons. The molecule has 1 aliphatic rings. The van der Waals surface area contributed by atoms with Gasteiger partial charge in [0.15, 0.2) is 0 Å². The lowest BCUT2D eigenvalue weighted by Gasteiger charge is -2.35. The number of carbonyl (C=O) groups excluding carboxylic acids is 1. The molecule has 0 unspecified atom stereocenters. The van der Waals surface area contributed by atoms with E-state index >= 15 is 0 Å². The Bertz CT molecular complexity index is 567. The van der Waals surface area contributed by atoms with E-state index in [4.69, 9.17) is 10.00 Å². The van der Waals surface area contributed by atoms with E-state index in [-0.39, 0.29) is 5.91 Å². The Hall–Kier alpha value is -2.02. The number of ether oxygens (including phenoxy) is 1. The molecule has 1 heterocycles. The highest BCUT2D eigenvalue weighted by Gasteiger charge is 2.34. The predicted octanol–water partition coefficient (Wildman–Crippen LogP) is 3.03. The maximum absolute atomic E-state index is 12.3. The van der Waals surface area contributed by atoms with Crippen LogP contribution in [0.25, 0.3) is 0 Å². The van der Waals surface area contributed by atoms with Crippen molar-refractivity contribution < 1.29 is 9.53 Å². The first-order valence-corrected chi connectivity index (χ1v) is 7.80. The molecule has 4 nitrogen and oxygen atoms in total. The second kappa shape index (κ2) is 6.83. The smallest absolute Gasteiger partial charge is 0.242 e. The quantitative estimate of drug-likeness (QED) is 0.859. The normalized spacial score (nSPS) is 16.2. The van der Waals surface area contributed by atoms with Crippen LogP contribution < -0.4 is 4.74 Å². The van der Waals surface area contributed by atoms with Gasteiger partial charge >= 0.3 is 0 Å². The number of carbonyl (C=O) groups is 1. The summed E-state index contributed by atoms with van der Waals surface area (Å²) < 4.78 is 5.40. The van der Waals surface area contributed by atoms with Crippen LogP contribution in [0.1, 0.15) is 32.3 Å². The third-order valence-electron chi connectivity index (χ3n) is 4.42. The molecule has 0 radical (unpaired) electrons. The van der Waals surface area contributed by atoms with Crippen molar-refractivity contribution in [3.63, 3.8) is 0 Å². The summed E-state index contributed by atoms with van der Waals surface area (Å²) in [6.07, 6.45) is 2.93. The van der Waals surface area contributed by atoms with Gasteiger partial charge in [0, 0.05) is 13.1 Å². The number of hydrogen-bond donors (Lipinski definition) is 0. The summed E-state index contributed by atoms with van der Waals surface area (Å²) >= 11 is 0. The third kappa shape index (κ3) is 3.59. The van der Waals surface area contributed by atoms with Crippen molar-refractivity contribution in [3.8, 4) is 11.8 Å². The topological polar surface area (TPSA) is 53.3 Å². The third-order valence-corrected chi connectivity index (χ3v) is 4.42. The highest BCUT2D eigenvalue weighted by atomic mass is 16.5. The minimum atomic E-state index is -0.921. The molecule has 4 heteroatoms. The molecule has 0 atom stereocenters. The van der Waals surface area contributed by atoms with E-state index in [0.29, 0.717) is 5.92 Å². The molecular weight excluding hydrogens is 276 g/mol. The summed E-state index contributed by atoms with van der Waals surface area (Å²) in [6.45, 7) is 4.86. The van der Waals surface area contributed by atoms with Gasteiger partial charge in [-0.15, -0.1) is 0 Å². The van der Waals surface area contributed by atoms with Crippen molar-refractivity contribution in [2.45, 2.75) is 33.1 Å². The van der Waals surface area contributed by atoms with Gasteiger partial charge in [-0.05, 0) is 50.7 Å². The molecular formula is C18H24N2O2. The van der Waals surface area contributed by atoms with Crippen molar-refractivity contribution in [3.05, 3.63) is 29.8 Å². The lowest BCUT2D eigenvalue weighted by atomic mass is 9.87. The van der Waals surface area contributed by atoms with Crippen LogP contribution in [0.3, 0.4) is 0 Å². The molecule has 22 heavy (non-hydrogen) atoms. The largest absolute Gasteiger partial charge is 0.496 e. The van der Waals surface area contributed by atoms with Gasteiger partial charge < -0.3 is 9.64 Å². The number of rotatable bonds is 4. The number of likely N-dealkylation sites (tertiary alicyclic amines) is 1. The fraction of sp³-hybridized carbons (Fsp3) is 0.556. The summed E-state index contributed by atoms with van der Waals surface area (Å²) in [4.78, 5) is 14.1. The van der Waals surface area contributed by atoms with Crippen LogP contribution in [-0.2, 0) is 11.2 Å². The highest BCUT2D eigenvalue weighted by Crippen LogP contribution is 2.28.